The number of nitrogens with zero attached hydrogens (tertiary/aromatic N) is 2. The fourth-order valence-electron chi connectivity index (χ4n) is 5.15. The maximum atomic E-state index is 14.0. The number of para-hydroxylation sites is 1. The van der Waals surface area contributed by atoms with E-state index in [4.69, 9.17) is 0 Å². The zero-order valence-corrected chi connectivity index (χ0v) is 20.5. The summed E-state index contributed by atoms with van der Waals surface area (Å²) in [5.41, 5.74) is 4.52. The molecule has 3 aromatic rings. The van der Waals surface area contributed by atoms with Crippen LogP contribution in [0.4, 0.5) is 11.4 Å². The smallest absolute Gasteiger partial charge is 0.251 e. The van der Waals surface area contributed by atoms with Gasteiger partial charge in [-0.05, 0) is 61.3 Å². The number of nitrogens with one attached hydrogen (secondary N) is 2. The van der Waals surface area contributed by atoms with Crippen LogP contribution >= 0.6 is 0 Å². The van der Waals surface area contributed by atoms with E-state index in [2.05, 4.69) is 34.9 Å². The third-order valence-corrected chi connectivity index (χ3v) is 7.37. The number of fused-ring (bicyclic) bond motifs is 1. The number of amides is 3. The molecule has 0 spiro atoms. The van der Waals surface area contributed by atoms with Gasteiger partial charge in [-0.3, -0.25) is 14.4 Å². The Kier molecular flexibility index (Phi) is 5.81. The summed E-state index contributed by atoms with van der Waals surface area (Å²) in [4.78, 5) is 43.4. The number of likely N-dealkylation sites (N-methyl/N-ethyl adjacent to an activating group) is 1. The Morgan fingerprint density at radius 2 is 1.83 bits per heavy atom. The molecule has 3 atom stereocenters. The summed E-state index contributed by atoms with van der Waals surface area (Å²) >= 11 is 0. The molecule has 0 aromatic heterocycles. The summed E-state index contributed by atoms with van der Waals surface area (Å²) in [6.45, 7) is 6.13. The van der Waals surface area contributed by atoms with Crippen LogP contribution in [0.15, 0.2) is 54.6 Å². The lowest BCUT2D eigenvalue weighted by Gasteiger charge is -2.28. The highest BCUT2D eigenvalue weighted by Gasteiger charge is 2.44. The minimum absolute atomic E-state index is 0.0515. The fraction of sp³-hybridized carbons (Fsp3) is 0.321. The SMILES string of the molecule is CN[C@@H](C)C(=O)N[C@H]1CN2C(=O)C(C)c3cccc(c32)N(Cc2c(C)ccc3ccccc23)C1=O. The lowest BCUT2D eigenvalue weighted by Crippen LogP contribution is -2.55. The van der Waals surface area contributed by atoms with Gasteiger partial charge in [0.25, 0.3) is 5.91 Å². The van der Waals surface area contributed by atoms with Crippen LogP contribution in [0.5, 0.6) is 0 Å². The predicted molar refractivity (Wildman–Crippen MR) is 138 cm³/mol. The van der Waals surface area contributed by atoms with Gasteiger partial charge < -0.3 is 20.4 Å². The fourth-order valence-corrected chi connectivity index (χ4v) is 5.15. The number of carbonyl (C=O) groups excluding carboxylic acids is 3. The molecule has 2 N–H and O–H groups in total. The summed E-state index contributed by atoms with van der Waals surface area (Å²) in [5.74, 6) is -0.855. The van der Waals surface area contributed by atoms with Gasteiger partial charge in [0.05, 0.1) is 36.4 Å². The second-order valence-electron chi connectivity index (χ2n) is 9.46. The molecule has 1 unspecified atom stereocenters. The van der Waals surface area contributed by atoms with Gasteiger partial charge >= 0.3 is 0 Å². The number of aryl methyl sites for hydroxylation is 1. The minimum Gasteiger partial charge on any atom is -0.341 e. The monoisotopic (exact) mass is 470 g/mol. The molecule has 0 saturated carbocycles. The van der Waals surface area contributed by atoms with Crippen LogP contribution in [0.3, 0.4) is 0 Å². The third-order valence-electron chi connectivity index (χ3n) is 7.37. The molecule has 7 heteroatoms. The highest BCUT2D eigenvalue weighted by atomic mass is 16.2. The van der Waals surface area contributed by atoms with Crippen molar-refractivity contribution in [2.45, 2.75) is 45.3 Å². The van der Waals surface area contributed by atoms with E-state index in [0.717, 1.165) is 33.2 Å². The van der Waals surface area contributed by atoms with E-state index < -0.39 is 12.1 Å². The van der Waals surface area contributed by atoms with Gasteiger partial charge in [-0.25, -0.2) is 0 Å². The van der Waals surface area contributed by atoms with Crippen molar-refractivity contribution in [3.8, 4) is 0 Å². The first-order valence-electron chi connectivity index (χ1n) is 12.0. The second kappa shape index (κ2) is 8.82. The van der Waals surface area contributed by atoms with E-state index in [9.17, 15) is 14.4 Å². The van der Waals surface area contributed by atoms with Gasteiger partial charge in [0.1, 0.15) is 6.04 Å². The summed E-state index contributed by atoms with van der Waals surface area (Å²) in [7, 11) is 1.70. The van der Waals surface area contributed by atoms with Gasteiger partial charge in [-0.15, -0.1) is 0 Å². The second-order valence-corrected chi connectivity index (χ2v) is 9.46. The largest absolute Gasteiger partial charge is 0.341 e. The van der Waals surface area contributed by atoms with Gasteiger partial charge in [0.15, 0.2) is 0 Å². The topological polar surface area (TPSA) is 81.8 Å². The molecule has 0 fully saturated rings. The van der Waals surface area contributed by atoms with Crippen LogP contribution in [0.1, 0.15) is 36.5 Å². The normalized spacial score (nSPS) is 20.1. The quantitative estimate of drug-likeness (QED) is 0.600. The maximum Gasteiger partial charge on any atom is 0.251 e. The number of benzene rings is 3. The lowest BCUT2D eigenvalue weighted by atomic mass is 9.98. The molecule has 3 aromatic carbocycles. The van der Waals surface area contributed by atoms with Gasteiger partial charge in [-0.1, -0.05) is 48.5 Å². The van der Waals surface area contributed by atoms with Crippen LogP contribution in [0.2, 0.25) is 0 Å². The Morgan fingerprint density at radius 1 is 1.06 bits per heavy atom. The summed E-state index contributed by atoms with van der Waals surface area (Å²) in [6, 6.07) is 16.7. The zero-order valence-electron chi connectivity index (χ0n) is 20.5. The van der Waals surface area contributed by atoms with Crippen LogP contribution in [0, 0.1) is 6.92 Å². The molecule has 7 nitrogen and oxygen atoms in total. The van der Waals surface area contributed by atoms with Crippen molar-refractivity contribution < 1.29 is 14.4 Å². The highest BCUT2D eigenvalue weighted by molar-refractivity contribution is 6.14. The standard InChI is InChI=1S/C28H30N4O3/c1-16-12-13-19-8-5-6-9-21(19)22(16)14-31-24-11-7-10-20-17(2)27(34)32(25(20)24)15-23(28(31)35)30-26(33)18(3)29-4/h5-13,17-18,23,29H,14-15H2,1-4H3,(H,30,33)/t17?,18-,23-/m0/s1. The van der Waals surface area contributed by atoms with Crippen molar-refractivity contribution in [3.05, 3.63) is 71.3 Å². The number of rotatable bonds is 5. The van der Waals surface area contributed by atoms with Crippen LogP contribution in [0.25, 0.3) is 10.8 Å². The first-order valence-corrected chi connectivity index (χ1v) is 12.0. The summed E-state index contributed by atoms with van der Waals surface area (Å²) in [6.07, 6.45) is 0. The highest BCUT2D eigenvalue weighted by Crippen LogP contribution is 2.46. The first-order chi connectivity index (χ1) is 16.8. The summed E-state index contributed by atoms with van der Waals surface area (Å²) < 4.78 is 0. The number of hydrogen-bond donors (Lipinski definition) is 2. The van der Waals surface area contributed by atoms with Crippen molar-refractivity contribution >= 4 is 39.9 Å². The third kappa shape index (κ3) is 3.76. The molecule has 2 aliphatic heterocycles. The van der Waals surface area contributed by atoms with E-state index in [0.29, 0.717) is 12.2 Å². The molecule has 3 amide bonds. The van der Waals surface area contributed by atoms with Gasteiger partial charge in [0, 0.05) is 0 Å². The van der Waals surface area contributed by atoms with Crippen LogP contribution in [-0.2, 0) is 20.9 Å². The van der Waals surface area contributed by atoms with Crippen molar-refractivity contribution in [1.29, 1.82) is 0 Å². The number of hydrogen-bond acceptors (Lipinski definition) is 4. The molecule has 0 radical (unpaired) electrons. The summed E-state index contributed by atoms with van der Waals surface area (Å²) in [5, 5.41) is 8.00. The zero-order chi connectivity index (χ0) is 24.9. The van der Waals surface area contributed by atoms with Gasteiger partial charge in [-0.2, -0.15) is 0 Å². The Balaban J connectivity index is 1.64. The molecular weight excluding hydrogens is 440 g/mol. The average Bonchev–Trinajstić information content (AvgIpc) is 3.04. The first kappa shape index (κ1) is 23.1. The van der Waals surface area contributed by atoms with E-state index in [1.54, 1.807) is 23.8 Å². The minimum atomic E-state index is -0.858. The predicted octanol–water partition coefficient (Wildman–Crippen LogP) is 3.24. The van der Waals surface area contributed by atoms with Gasteiger partial charge in [0.2, 0.25) is 11.8 Å². The molecule has 0 bridgehead atoms. The number of anilines is 2. The van der Waals surface area contributed by atoms with Crippen LogP contribution in [-0.4, -0.2) is 43.4 Å². The molecular formula is C28H30N4O3. The maximum absolute atomic E-state index is 14.0. The van der Waals surface area contributed by atoms with E-state index in [1.165, 1.54) is 0 Å². The van der Waals surface area contributed by atoms with E-state index >= 15 is 0 Å². The Morgan fingerprint density at radius 3 is 2.60 bits per heavy atom. The average molecular weight is 471 g/mol. The van der Waals surface area contributed by atoms with E-state index in [-0.39, 0.29) is 30.2 Å². The lowest BCUT2D eigenvalue weighted by molar-refractivity contribution is -0.128. The van der Waals surface area contributed by atoms with Crippen molar-refractivity contribution in [2.24, 2.45) is 0 Å². The Labute approximate surface area is 205 Å². The molecule has 0 aliphatic carbocycles. The molecule has 2 heterocycles. The molecule has 2 aliphatic rings. The molecule has 180 valence electrons. The van der Waals surface area contributed by atoms with Crippen molar-refractivity contribution in [1.82, 2.24) is 10.6 Å². The Hall–Kier alpha value is -3.71. The van der Waals surface area contributed by atoms with Crippen molar-refractivity contribution in [3.63, 3.8) is 0 Å². The molecule has 0 saturated heterocycles. The Bertz CT molecular complexity index is 1350. The van der Waals surface area contributed by atoms with Crippen molar-refractivity contribution in [2.75, 3.05) is 23.4 Å². The molecule has 35 heavy (non-hydrogen) atoms. The van der Waals surface area contributed by atoms with E-state index in [1.807, 2.05) is 44.2 Å². The van der Waals surface area contributed by atoms with Crippen LogP contribution < -0.4 is 20.4 Å². The molecule has 5 rings (SSSR count). The number of carbonyl (C=O) groups is 3.